The zero-order chi connectivity index (χ0) is 20.4. The Morgan fingerprint density at radius 1 is 1.00 bits per heavy atom. The average Bonchev–Trinajstić information content (AvgIpc) is 3.30. The number of benzene rings is 1. The van der Waals surface area contributed by atoms with Gasteiger partial charge in [-0.15, -0.1) is 0 Å². The maximum absolute atomic E-state index is 13.1. The Kier molecular flexibility index (Phi) is 5.38. The normalized spacial score (nSPS) is 11.7. The number of unbranched alkanes of at least 4 members (excludes halogenated alkanes) is 5. The van der Waals surface area contributed by atoms with E-state index in [0.717, 1.165) is 24.8 Å². The first-order valence-corrected chi connectivity index (χ1v) is 10.3. The highest BCUT2D eigenvalue weighted by Crippen LogP contribution is 2.24. The van der Waals surface area contributed by atoms with Crippen LogP contribution in [0.3, 0.4) is 0 Å². The molecule has 0 fully saturated rings. The van der Waals surface area contributed by atoms with Gasteiger partial charge in [0.15, 0.2) is 16.9 Å². The summed E-state index contributed by atoms with van der Waals surface area (Å²) in [4.78, 5) is 30.2. The monoisotopic (exact) mass is 394 g/mol. The summed E-state index contributed by atoms with van der Waals surface area (Å²) >= 11 is 0. The summed E-state index contributed by atoms with van der Waals surface area (Å²) in [7, 11) is 1.65. The molecule has 4 aromatic rings. The Bertz CT molecular complexity index is 1240. The van der Waals surface area contributed by atoms with Crippen molar-refractivity contribution in [1.29, 1.82) is 0 Å². The number of oxazole rings is 1. The minimum absolute atomic E-state index is 0.309. The predicted molar refractivity (Wildman–Crippen MR) is 113 cm³/mol. The van der Waals surface area contributed by atoms with Gasteiger partial charge in [0.2, 0.25) is 0 Å². The van der Waals surface area contributed by atoms with Crippen molar-refractivity contribution < 1.29 is 4.42 Å². The van der Waals surface area contributed by atoms with Gasteiger partial charge < -0.3 is 4.42 Å². The predicted octanol–water partition coefficient (Wildman–Crippen LogP) is 3.97. The zero-order valence-electron chi connectivity index (χ0n) is 16.9. The fraction of sp³-hybridized carbons (Fsp3) is 0.409. The summed E-state index contributed by atoms with van der Waals surface area (Å²) in [5.41, 5.74) is 0.976. The minimum Gasteiger partial charge on any atom is -0.423 e. The van der Waals surface area contributed by atoms with Gasteiger partial charge in [0.05, 0.1) is 6.20 Å². The number of hydrogen-bond donors (Lipinski definition) is 0. The molecule has 152 valence electrons. The molecule has 0 amide bonds. The largest absolute Gasteiger partial charge is 0.423 e. The second-order valence-electron chi connectivity index (χ2n) is 7.46. The standard InChI is InChI=1S/C22H26N4O3/c1-3-4-5-6-7-11-14-25-20(27)18-19(24(2)22(25)28)23-21-26(18)15-17(29-21)16-12-9-8-10-13-16/h8-10,12-13,15H,3-7,11,14H2,1-2H3. The van der Waals surface area contributed by atoms with Gasteiger partial charge >= 0.3 is 11.5 Å². The molecule has 0 atom stereocenters. The van der Waals surface area contributed by atoms with Crippen LogP contribution >= 0.6 is 0 Å². The lowest BCUT2D eigenvalue weighted by molar-refractivity contribution is 0.526. The quantitative estimate of drug-likeness (QED) is 0.424. The number of imidazole rings is 1. The van der Waals surface area contributed by atoms with Crippen LogP contribution < -0.4 is 11.2 Å². The summed E-state index contributed by atoms with van der Waals surface area (Å²) in [5.74, 6) is 0.939. The van der Waals surface area contributed by atoms with E-state index < -0.39 is 0 Å². The molecule has 1 aromatic carbocycles. The highest BCUT2D eigenvalue weighted by molar-refractivity contribution is 5.76. The summed E-state index contributed by atoms with van der Waals surface area (Å²) in [5, 5.41) is 0. The van der Waals surface area contributed by atoms with Crippen molar-refractivity contribution in [3.8, 4) is 11.3 Å². The second kappa shape index (κ2) is 8.11. The van der Waals surface area contributed by atoms with Crippen molar-refractivity contribution in [2.24, 2.45) is 7.05 Å². The van der Waals surface area contributed by atoms with E-state index in [0.29, 0.717) is 29.3 Å². The van der Waals surface area contributed by atoms with Gasteiger partial charge in [0, 0.05) is 19.2 Å². The molecule has 0 saturated heterocycles. The zero-order valence-corrected chi connectivity index (χ0v) is 16.9. The van der Waals surface area contributed by atoms with Crippen LogP contribution in [-0.4, -0.2) is 18.5 Å². The fourth-order valence-corrected chi connectivity index (χ4v) is 3.74. The second-order valence-corrected chi connectivity index (χ2v) is 7.46. The molecule has 0 N–H and O–H groups in total. The topological polar surface area (TPSA) is 74.4 Å². The highest BCUT2D eigenvalue weighted by atomic mass is 16.4. The van der Waals surface area contributed by atoms with E-state index in [9.17, 15) is 9.59 Å². The summed E-state index contributed by atoms with van der Waals surface area (Å²) in [6, 6.07) is 9.66. The van der Waals surface area contributed by atoms with Gasteiger partial charge in [-0.3, -0.25) is 18.3 Å². The van der Waals surface area contributed by atoms with Crippen molar-refractivity contribution in [3.05, 3.63) is 57.4 Å². The molecule has 0 aliphatic carbocycles. The van der Waals surface area contributed by atoms with Crippen LogP contribution in [0.1, 0.15) is 45.4 Å². The summed E-state index contributed by atoms with van der Waals surface area (Å²) in [6.45, 7) is 2.61. The lowest BCUT2D eigenvalue weighted by atomic mass is 10.1. The van der Waals surface area contributed by atoms with Crippen LogP contribution in [0.25, 0.3) is 28.3 Å². The van der Waals surface area contributed by atoms with Crippen LogP contribution in [0.5, 0.6) is 0 Å². The van der Waals surface area contributed by atoms with E-state index in [2.05, 4.69) is 11.9 Å². The third kappa shape index (κ3) is 3.52. The minimum atomic E-state index is -0.333. The van der Waals surface area contributed by atoms with Crippen LogP contribution in [0.4, 0.5) is 0 Å². The van der Waals surface area contributed by atoms with E-state index in [1.165, 1.54) is 28.4 Å². The molecular formula is C22H26N4O3. The Morgan fingerprint density at radius 3 is 2.48 bits per heavy atom. The fourth-order valence-electron chi connectivity index (χ4n) is 3.74. The smallest absolute Gasteiger partial charge is 0.332 e. The van der Waals surface area contributed by atoms with E-state index in [4.69, 9.17) is 4.42 Å². The Labute approximate surface area is 168 Å². The van der Waals surface area contributed by atoms with E-state index in [-0.39, 0.29) is 11.2 Å². The molecule has 29 heavy (non-hydrogen) atoms. The lowest BCUT2D eigenvalue weighted by Gasteiger charge is -2.08. The first-order chi connectivity index (χ1) is 14.1. The third-order valence-corrected chi connectivity index (χ3v) is 5.38. The van der Waals surface area contributed by atoms with Gasteiger partial charge in [-0.05, 0) is 6.42 Å². The van der Waals surface area contributed by atoms with Crippen molar-refractivity contribution >= 4 is 17.0 Å². The number of aromatic nitrogens is 4. The van der Waals surface area contributed by atoms with E-state index in [1.54, 1.807) is 17.6 Å². The van der Waals surface area contributed by atoms with Gasteiger partial charge in [0.25, 0.3) is 5.56 Å². The maximum atomic E-state index is 13.1. The number of hydrogen-bond acceptors (Lipinski definition) is 4. The molecule has 0 aliphatic heterocycles. The lowest BCUT2D eigenvalue weighted by Crippen LogP contribution is -2.39. The molecule has 0 unspecified atom stereocenters. The molecule has 0 spiro atoms. The molecule has 3 heterocycles. The molecule has 0 bridgehead atoms. The van der Waals surface area contributed by atoms with Gasteiger partial charge in [-0.25, -0.2) is 4.79 Å². The van der Waals surface area contributed by atoms with Crippen molar-refractivity contribution in [2.45, 2.75) is 52.0 Å². The molecular weight excluding hydrogens is 368 g/mol. The Hall–Kier alpha value is -3.09. The van der Waals surface area contributed by atoms with Crippen LogP contribution in [-0.2, 0) is 13.6 Å². The van der Waals surface area contributed by atoms with Crippen molar-refractivity contribution in [2.75, 3.05) is 0 Å². The average molecular weight is 394 g/mol. The molecule has 0 aliphatic rings. The molecule has 4 rings (SSSR count). The number of rotatable bonds is 8. The van der Waals surface area contributed by atoms with E-state index >= 15 is 0 Å². The maximum Gasteiger partial charge on any atom is 0.332 e. The first kappa shape index (κ1) is 19.2. The van der Waals surface area contributed by atoms with Crippen molar-refractivity contribution in [3.63, 3.8) is 0 Å². The molecule has 7 nitrogen and oxygen atoms in total. The Morgan fingerprint density at radius 2 is 1.72 bits per heavy atom. The molecule has 7 heteroatoms. The molecule has 0 radical (unpaired) electrons. The van der Waals surface area contributed by atoms with Crippen molar-refractivity contribution in [1.82, 2.24) is 18.5 Å². The SMILES string of the molecule is CCCCCCCCn1c(=O)c2c(nc3oc(-c4ccccc4)cn32)n(C)c1=O. The van der Waals surface area contributed by atoms with Gasteiger partial charge in [-0.2, -0.15) is 4.98 Å². The highest BCUT2D eigenvalue weighted by Gasteiger charge is 2.19. The third-order valence-electron chi connectivity index (χ3n) is 5.38. The number of fused-ring (bicyclic) bond motifs is 3. The Balaban J connectivity index is 1.71. The van der Waals surface area contributed by atoms with Crippen LogP contribution in [0.2, 0.25) is 0 Å². The number of aryl methyl sites for hydroxylation is 1. The van der Waals surface area contributed by atoms with Gasteiger partial charge in [-0.1, -0.05) is 69.4 Å². The molecule has 0 saturated carbocycles. The number of nitrogens with zero attached hydrogens (tertiary/aromatic N) is 4. The summed E-state index contributed by atoms with van der Waals surface area (Å²) < 4.78 is 10.3. The van der Waals surface area contributed by atoms with Gasteiger partial charge in [0.1, 0.15) is 0 Å². The van der Waals surface area contributed by atoms with Crippen LogP contribution in [0.15, 0.2) is 50.5 Å². The summed E-state index contributed by atoms with van der Waals surface area (Å²) in [6.07, 6.45) is 8.34. The first-order valence-electron chi connectivity index (χ1n) is 10.3. The van der Waals surface area contributed by atoms with E-state index in [1.807, 2.05) is 30.3 Å². The molecule has 3 aromatic heterocycles. The van der Waals surface area contributed by atoms with Crippen LogP contribution in [0, 0.1) is 0 Å².